The van der Waals surface area contributed by atoms with Gasteiger partial charge in [-0.05, 0) is 54.1 Å². The van der Waals surface area contributed by atoms with Gasteiger partial charge >= 0.3 is 6.03 Å². The summed E-state index contributed by atoms with van der Waals surface area (Å²) >= 11 is 0. The lowest BCUT2D eigenvalue weighted by Gasteiger charge is -2.14. The Kier molecular flexibility index (Phi) is 5.42. The number of ether oxygens (including phenoxy) is 1. The van der Waals surface area contributed by atoms with Crippen molar-refractivity contribution in [3.8, 4) is 5.75 Å². The molecule has 0 saturated carbocycles. The van der Waals surface area contributed by atoms with Gasteiger partial charge in [-0.3, -0.25) is 9.69 Å². The van der Waals surface area contributed by atoms with E-state index in [0.717, 1.165) is 11.3 Å². The van der Waals surface area contributed by atoms with Crippen LogP contribution < -0.4 is 20.3 Å². The molecule has 0 spiro atoms. The van der Waals surface area contributed by atoms with Crippen LogP contribution in [-0.2, 0) is 6.61 Å². The average molecular weight is 387 g/mol. The molecule has 3 aromatic rings. The van der Waals surface area contributed by atoms with Crippen molar-refractivity contribution in [2.75, 3.05) is 23.3 Å². The molecule has 0 aromatic heterocycles. The van der Waals surface area contributed by atoms with Crippen molar-refractivity contribution >= 4 is 23.3 Å². The number of rotatable bonds is 6. The van der Waals surface area contributed by atoms with Crippen molar-refractivity contribution in [2.45, 2.75) is 6.61 Å². The van der Waals surface area contributed by atoms with Gasteiger partial charge in [0.15, 0.2) is 0 Å². The van der Waals surface area contributed by atoms with Crippen molar-refractivity contribution < 1.29 is 14.3 Å². The zero-order valence-corrected chi connectivity index (χ0v) is 15.8. The normalized spacial score (nSPS) is 13.1. The molecule has 0 unspecified atom stereocenters. The lowest BCUT2D eigenvalue weighted by atomic mass is 10.2. The Hall–Kier alpha value is -3.80. The lowest BCUT2D eigenvalue weighted by molar-refractivity contribution is 0.102. The Morgan fingerprint density at radius 2 is 1.69 bits per heavy atom. The van der Waals surface area contributed by atoms with Crippen LogP contribution in [0.15, 0.2) is 78.9 Å². The fraction of sp³-hybridized carbons (Fsp3) is 0.130. The number of carbonyl (C=O) groups excluding carboxylic acids is 2. The van der Waals surface area contributed by atoms with Crippen LogP contribution in [0.5, 0.6) is 5.75 Å². The summed E-state index contributed by atoms with van der Waals surface area (Å²) in [5, 5.41) is 5.63. The second-order valence-corrected chi connectivity index (χ2v) is 6.68. The molecule has 4 rings (SSSR count). The van der Waals surface area contributed by atoms with E-state index in [0.29, 0.717) is 36.7 Å². The van der Waals surface area contributed by atoms with Gasteiger partial charge in [0.25, 0.3) is 5.91 Å². The first-order chi connectivity index (χ1) is 14.2. The van der Waals surface area contributed by atoms with E-state index in [4.69, 9.17) is 4.74 Å². The van der Waals surface area contributed by atoms with Crippen LogP contribution in [0.1, 0.15) is 15.9 Å². The van der Waals surface area contributed by atoms with Gasteiger partial charge in [0, 0.05) is 30.0 Å². The maximum Gasteiger partial charge on any atom is 0.321 e. The third-order valence-corrected chi connectivity index (χ3v) is 4.66. The van der Waals surface area contributed by atoms with Gasteiger partial charge in [0.2, 0.25) is 0 Å². The van der Waals surface area contributed by atoms with E-state index in [-0.39, 0.29) is 11.9 Å². The number of nitrogens with one attached hydrogen (secondary N) is 2. The molecule has 1 saturated heterocycles. The SMILES string of the molecule is O=C(Nc1ccc(N2CCNC2=O)cc1)c1ccc(OCc2ccccc2)cc1. The maximum atomic E-state index is 12.5. The second kappa shape index (κ2) is 8.48. The summed E-state index contributed by atoms with van der Waals surface area (Å²) in [6, 6.07) is 24.1. The number of amides is 3. The molecule has 0 bridgehead atoms. The van der Waals surface area contributed by atoms with E-state index >= 15 is 0 Å². The smallest absolute Gasteiger partial charge is 0.321 e. The van der Waals surface area contributed by atoms with Gasteiger partial charge in [-0.25, -0.2) is 4.79 Å². The maximum absolute atomic E-state index is 12.5. The first-order valence-corrected chi connectivity index (χ1v) is 9.43. The molecule has 1 aliphatic rings. The topological polar surface area (TPSA) is 70.7 Å². The Balaban J connectivity index is 1.34. The van der Waals surface area contributed by atoms with Crippen LogP contribution in [0.4, 0.5) is 16.2 Å². The summed E-state index contributed by atoms with van der Waals surface area (Å²) in [6.45, 7) is 1.76. The fourth-order valence-electron chi connectivity index (χ4n) is 3.09. The molecule has 3 aromatic carbocycles. The summed E-state index contributed by atoms with van der Waals surface area (Å²) in [7, 11) is 0. The number of hydrogen-bond acceptors (Lipinski definition) is 3. The molecule has 1 aliphatic heterocycles. The summed E-state index contributed by atoms with van der Waals surface area (Å²) in [5.74, 6) is 0.505. The molecule has 1 heterocycles. The number of nitrogens with zero attached hydrogens (tertiary/aromatic N) is 1. The average Bonchev–Trinajstić information content (AvgIpc) is 3.20. The fourth-order valence-corrected chi connectivity index (χ4v) is 3.09. The van der Waals surface area contributed by atoms with Crippen molar-refractivity contribution in [3.05, 3.63) is 90.0 Å². The summed E-state index contributed by atoms with van der Waals surface area (Å²) in [6.07, 6.45) is 0. The predicted molar refractivity (Wildman–Crippen MR) is 112 cm³/mol. The molecule has 2 N–H and O–H groups in total. The monoisotopic (exact) mass is 387 g/mol. The largest absolute Gasteiger partial charge is 0.489 e. The summed E-state index contributed by atoms with van der Waals surface area (Å²) in [4.78, 5) is 25.8. The van der Waals surface area contributed by atoms with Gasteiger partial charge in [-0.2, -0.15) is 0 Å². The van der Waals surface area contributed by atoms with Crippen LogP contribution in [0.2, 0.25) is 0 Å². The van der Waals surface area contributed by atoms with Crippen LogP contribution in [0.3, 0.4) is 0 Å². The third-order valence-electron chi connectivity index (χ3n) is 4.66. The summed E-state index contributed by atoms with van der Waals surface area (Å²) in [5.41, 5.74) is 3.10. The highest BCUT2D eigenvalue weighted by atomic mass is 16.5. The zero-order chi connectivity index (χ0) is 20.1. The minimum Gasteiger partial charge on any atom is -0.489 e. The highest BCUT2D eigenvalue weighted by Gasteiger charge is 2.20. The van der Waals surface area contributed by atoms with Crippen LogP contribution >= 0.6 is 0 Å². The molecule has 1 fully saturated rings. The van der Waals surface area contributed by atoms with Crippen molar-refractivity contribution in [1.29, 1.82) is 0 Å². The van der Waals surface area contributed by atoms with Crippen molar-refractivity contribution in [3.63, 3.8) is 0 Å². The minimum absolute atomic E-state index is 0.101. The number of hydrogen-bond donors (Lipinski definition) is 2. The lowest BCUT2D eigenvalue weighted by Crippen LogP contribution is -2.27. The van der Waals surface area contributed by atoms with Crippen molar-refractivity contribution in [2.24, 2.45) is 0 Å². The Labute approximate surface area is 169 Å². The van der Waals surface area contributed by atoms with Gasteiger partial charge in [0.1, 0.15) is 12.4 Å². The second-order valence-electron chi connectivity index (χ2n) is 6.68. The molecule has 6 heteroatoms. The molecule has 0 atom stereocenters. The van der Waals surface area contributed by atoms with E-state index in [9.17, 15) is 9.59 Å². The van der Waals surface area contributed by atoms with Crippen LogP contribution in [0, 0.1) is 0 Å². The molecular weight excluding hydrogens is 366 g/mol. The highest BCUT2D eigenvalue weighted by molar-refractivity contribution is 6.04. The van der Waals surface area contributed by atoms with E-state index < -0.39 is 0 Å². The molecular formula is C23H21N3O3. The first kappa shape index (κ1) is 18.6. The summed E-state index contributed by atoms with van der Waals surface area (Å²) < 4.78 is 5.75. The minimum atomic E-state index is -0.203. The Bertz CT molecular complexity index is 986. The van der Waals surface area contributed by atoms with Gasteiger partial charge in [0.05, 0.1) is 0 Å². The van der Waals surface area contributed by atoms with E-state index in [1.165, 1.54) is 0 Å². The van der Waals surface area contributed by atoms with Crippen molar-refractivity contribution in [1.82, 2.24) is 5.32 Å². The third kappa shape index (κ3) is 4.55. The number of urea groups is 1. The molecule has 6 nitrogen and oxygen atoms in total. The molecule has 146 valence electrons. The molecule has 0 aliphatic carbocycles. The predicted octanol–water partition coefficient (Wildman–Crippen LogP) is 4.05. The molecule has 0 radical (unpaired) electrons. The zero-order valence-electron chi connectivity index (χ0n) is 15.8. The Morgan fingerprint density at radius 1 is 0.966 bits per heavy atom. The van der Waals surface area contributed by atoms with Gasteiger partial charge in [-0.15, -0.1) is 0 Å². The van der Waals surface area contributed by atoms with E-state index in [1.54, 1.807) is 41.3 Å². The highest BCUT2D eigenvalue weighted by Crippen LogP contribution is 2.20. The number of anilines is 2. The standard InChI is InChI=1S/C23H21N3O3/c27-22(25-19-8-10-20(11-9-19)26-15-14-24-23(26)28)18-6-12-21(13-7-18)29-16-17-4-2-1-3-5-17/h1-13H,14-16H2,(H,24,28)(H,25,27). The van der Waals surface area contributed by atoms with Crippen LogP contribution in [0.25, 0.3) is 0 Å². The first-order valence-electron chi connectivity index (χ1n) is 9.43. The van der Waals surface area contributed by atoms with Gasteiger partial charge in [-0.1, -0.05) is 30.3 Å². The van der Waals surface area contributed by atoms with Gasteiger partial charge < -0.3 is 15.4 Å². The Morgan fingerprint density at radius 3 is 2.34 bits per heavy atom. The van der Waals surface area contributed by atoms with E-state index in [1.807, 2.05) is 42.5 Å². The molecule has 29 heavy (non-hydrogen) atoms. The quantitative estimate of drug-likeness (QED) is 0.670. The molecule has 3 amide bonds. The number of benzene rings is 3. The van der Waals surface area contributed by atoms with Crippen LogP contribution in [-0.4, -0.2) is 25.0 Å². The van der Waals surface area contributed by atoms with E-state index in [2.05, 4.69) is 10.6 Å². The number of carbonyl (C=O) groups is 2.